The monoisotopic (exact) mass is 452 g/mol. The number of carbonyl (C=O) groups is 2. The van der Waals surface area contributed by atoms with E-state index in [1.165, 1.54) is 29.4 Å². The number of amides is 1. The van der Waals surface area contributed by atoms with Gasteiger partial charge in [-0.25, -0.2) is 18.7 Å². The number of carboxylic acids is 1. The minimum absolute atomic E-state index is 0.259. The summed E-state index contributed by atoms with van der Waals surface area (Å²) in [7, 11) is 0. The molecule has 1 unspecified atom stereocenters. The molecule has 1 amide bonds. The third-order valence-electron chi connectivity index (χ3n) is 5.21. The number of hydroxylamine groups is 1. The molecule has 2 aliphatic heterocycles. The van der Waals surface area contributed by atoms with Crippen LogP contribution in [0.5, 0.6) is 0 Å². The summed E-state index contributed by atoms with van der Waals surface area (Å²) in [5.74, 6) is -1.65. The number of carbonyl (C=O) groups excluding carboxylic acids is 1. The number of carboxylic acid groups (broad SMARTS) is 1. The Morgan fingerprint density at radius 2 is 2.18 bits per heavy atom. The third kappa shape index (κ3) is 4.11. The summed E-state index contributed by atoms with van der Waals surface area (Å²) in [5, 5.41) is 16.6. The lowest BCUT2D eigenvalue weighted by atomic mass is 10.1. The maximum atomic E-state index is 14.9. The van der Waals surface area contributed by atoms with Crippen molar-refractivity contribution in [3.05, 3.63) is 66.5 Å². The van der Waals surface area contributed by atoms with E-state index in [4.69, 9.17) is 14.7 Å². The molecule has 2 aliphatic rings. The second kappa shape index (κ2) is 8.31. The van der Waals surface area contributed by atoms with Crippen LogP contribution in [0.3, 0.4) is 0 Å². The van der Waals surface area contributed by atoms with Gasteiger partial charge >= 0.3 is 12.1 Å². The van der Waals surface area contributed by atoms with Gasteiger partial charge < -0.3 is 9.84 Å². The quantitative estimate of drug-likeness (QED) is 0.575. The van der Waals surface area contributed by atoms with Crippen LogP contribution in [-0.2, 0) is 20.9 Å². The van der Waals surface area contributed by atoms with Gasteiger partial charge in [-0.3, -0.25) is 20.2 Å². The number of ether oxygens (including phenoxy) is 1. The van der Waals surface area contributed by atoms with Gasteiger partial charge in [0.25, 0.3) is 0 Å². The smallest absolute Gasteiger partial charge is 0.414 e. The number of aliphatic carboxylic acids is 1. The van der Waals surface area contributed by atoms with Crippen molar-refractivity contribution in [1.29, 1.82) is 0 Å². The lowest BCUT2D eigenvalue weighted by molar-refractivity contribution is -0.148. The second-order valence-electron chi connectivity index (χ2n) is 7.40. The van der Waals surface area contributed by atoms with E-state index in [1.54, 1.807) is 35.1 Å². The van der Waals surface area contributed by atoms with Crippen LogP contribution in [-0.4, -0.2) is 55.9 Å². The number of halogens is 1. The summed E-state index contributed by atoms with van der Waals surface area (Å²) in [4.78, 5) is 33.8. The van der Waals surface area contributed by atoms with E-state index in [9.17, 15) is 14.0 Å². The van der Waals surface area contributed by atoms with Crippen LogP contribution in [0, 0.1) is 5.82 Å². The van der Waals surface area contributed by atoms with Gasteiger partial charge in [-0.15, -0.1) is 5.10 Å². The molecule has 1 aromatic carbocycles. The Balaban J connectivity index is 1.31. The Labute approximate surface area is 186 Å². The number of rotatable bonds is 6. The standard InChI is InChI=1S/C21H17FN6O5/c22-16-7-13(28-11-14(32-21(28)31)10-27-6-5-24-26-27)2-3-15(16)12-1-4-17(23-9-12)18-8-19(20(29)30)33-25-18/h1-9,14,19,25H,10-11H2,(H,29,30)/t14-,19?/m0/s1. The molecule has 12 heteroatoms. The molecule has 2 N–H and O–H groups in total. The third-order valence-corrected chi connectivity index (χ3v) is 5.21. The fraction of sp³-hybridized carbons (Fsp3) is 0.190. The molecule has 1 fully saturated rings. The summed E-state index contributed by atoms with van der Waals surface area (Å²) in [6.45, 7) is 0.611. The van der Waals surface area contributed by atoms with Crippen LogP contribution in [0.2, 0.25) is 0 Å². The molecule has 5 rings (SSSR count). The Morgan fingerprint density at radius 3 is 2.85 bits per heavy atom. The molecule has 1 saturated heterocycles. The predicted molar refractivity (Wildman–Crippen MR) is 111 cm³/mol. The number of cyclic esters (lactones) is 1. The van der Waals surface area contributed by atoms with Crippen LogP contribution in [0.4, 0.5) is 14.9 Å². The lowest BCUT2D eigenvalue weighted by Crippen LogP contribution is -2.26. The van der Waals surface area contributed by atoms with Crippen molar-refractivity contribution in [1.82, 2.24) is 25.5 Å². The number of aromatic nitrogens is 4. The van der Waals surface area contributed by atoms with Crippen molar-refractivity contribution in [3.8, 4) is 11.1 Å². The molecule has 4 heterocycles. The number of benzene rings is 1. The Kier molecular flexibility index (Phi) is 5.18. The SMILES string of the molecule is O=C(O)C1C=C(c2ccc(-c3ccc(N4C[C@H](Cn5ccnn5)OC4=O)cc3F)cn2)NO1. The summed E-state index contributed by atoms with van der Waals surface area (Å²) in [6, 6.07) is 7.76. The maximum Gasteiger partial charge on any atom is 0.414 e. The van der Waals surface area contributed by atoms with Crippen molar-refractivity contribution in [2.75, 3.05) is 11.4 Å². The van der Waals surface area contributed by atoms with E-state index in [2.05, 4.69) is 20.8 Å². The number of hydrogen-bond acceptors (Lipinski definition) is 8. The molecular formula is C21H17FN6O5. The molecular weight excluding hydrogens is 435 g/mol. The number of anilines is 1. The molecule has 0 spiro atoms. The summed E-state index contributed by atoms with van der Waals surface area (Å²) < 4.78 is 21.8. The zero-order valence-electron chi connectivity index (χ0n) is 17.0. The summed E-state index contributed by atoms with van der Waals surface area (Å²) >= 11 is 0. The van der Waals surface area contributed by atoms with E-state index < -0.39 is 30.1 Å². The van der Waals surface area contributed by atoms with Crippen molar-refractivity contribution < 1.29 is 28.7 Å². The van der Waals surface area contributed by atoms with E-state index in [0.29, 0.717) is 34.8 Å². The highest BCUT2D eigenvalue weighted by atomic mass is 19.1. The lowest BCUT2D eigenvalue weighted by Gasteiger charge is -2.14. The summed E-state index contributed by atoms with van der Waals surface area (Å²) in [5.41, 5.74) is 4.59. The Morgan fingerprint density at radius 1 is 1.30 bits per heavy atom. The minimum atomic E-state index is -1.12. The highest BCUT2D eigenvalue weighted by molar-refractivity contribution is 5.90. The van der Waals surface area contributed by atoms with E-state index in [1.807, 2.05) is 0 Å². The fourth-order valence-corrected chi connectivity index (χ4v) is 3.59. The van der Waals surface area contributed by atoms with E-state index in [0.717, 1.165) is 0 Å². The van der Waals surface area contributed by atoms with Gasteiger partial charge in [0.15, 0.2) is 0 Å². The fourth-order valence-electron chi connectivity index (χ4n) is 3.59. The number of hydrogen-bond donors (Lipinski definition) is 2. The van der Waals surface area contributed by atoms with Crippen molar-refractivity contribution in [2.24, 2.45) is 0 Å². The molecule has 2 atom stereocenters. The zero-order valence-corrected chi connectivity index (χ0v) is 17.0. The Bertz CT molecular complexity index is 1230. The van der Waals surface area contributed by atoms with E-state index >= 15 is 0 Å². The zero-order chi connectivity index (χ0) is 22.9. The van der Waals surface area contributed by atoms with Gasteiger partial charge in [0.1, 0.15) is 11.9 Å². The molecule has 33 heavy (non-hydrogen) atoms. The molecule has 168 valence electrons. The van der Waals surface area contributed by atoms with Gasteiger partial charge in [-0.2, -0.15) is 0 Å². The predicted octanol–water partition coefficient (Wildman–Crippen LogP) is 1.83. The number of nitrogens with one attached hydrogen (secondary N) is 1. The first-order valence-corrected chi connectivity index (χ1v) is 9.93. The van der Waals surface area contributed by atoms with Crippen LogP contribution < -0.4 is 10.4 Å². The molecule has 0 saturated carbocycles. The maximum absolute atomic E-state index is 14.9. The van der Waals surface area contributed by atoms with Gasteiger partial charge in [-0.1, -0.05) is 11.3 Å². The van der Waals surface area contributed by atoms with E-state index in [-0.39, 0.29) is 6.54 Å². The first-order valence-electron chi connectivity index (χ1n) is 9.93. The van der Waals surface area contributed by atoms with Crippen molar-refractivity contribution in [3.63, 3.8) is 0 Å². The topological polar surface area (TPSA) is 132 Å². The average molecular weight is 452 g/mol. The van der Waals surface area contributed by atoms with Crippen LogP contribution in [0.1, 0.15) is 5.69 Å². The van der Waals surface area contributed by atoms with Gasteiger partial charge in [0.2, 0.25) is 6.10 Å². The Hall–Kier alpha value is -4.32. The average Bonchev–Trinajstić information content (AvgIpc) is 3.56. The van der Waals surface area contributed by atoms with Crippen LogP contribution in [0.25, 0.3) is 16.8 Å². The van der Waals surface area contributed by atoms with Gasteiger partial charge in [0, 0.05) is 23.5 Å². The largest absolute Gasteiger partial charge is 0.479 e. The number of nitrogens with zero attached hydrogens (tertiary/aromatic N) is 5. The van der Waals surface area contributed by atoms with Crippen molar-refractivity contribution >= 4 is 23.4 Å². The molecule has 11 nitrogen and oxygen atoms in total. The normalized spacial score (nSPS) is 19.8. The molecule has 0 bridgehead atoms. The first kappa shape index (κ1) is 20.6. The minimum Gasteiger partial charge on any atom is -0.479 e. The summed E-state index contributed by atoms with van der Waals surface area (Å²) in [6.07, 6.45) is 3.99. The molecule has 0 radical (unpaired) electrons. The van der Waals surface area contributed by atoms with Crippen LogP contribution >= 0.6 is 0 Å². The molecule has 0 aliphatic carbocycles. The second-order valence-corrected chi connectivity index (χ2v) is 7.40. The van der Waals surface area contributed by atoms with Gasteiger partial charge in [0.05, 0.1) is 36.4 Å². The number of pyridine rings is 1. The van der Waals surface area contributed by atoms with Gasteiger partial charge in [-0.05, 0) is 30.3 Å². The van der Waals surface area contributed by atoms with Crippen molar-refractivity contribution in [2.45, 2.75) is 18.8 Å². The molecule has 3 aromatic rings. The van der Waals surface area contributed by atoms with Crippen LogP contribution in [0.15, 0.2) is 55.0 Å². The molecule has 2 aromatic heterocycles. The highest BCUT2D eigenvalue weighted by Gasteiger charge is 2.33. The first-order chi connectivity index (χ1) is 16.0. The highest BCUT2D eigenvalue weighted by Crippen LogP contribution is 2.29.